The van der Waals surface area contributed by atoms with Crippen molar-refractivity contribution in [3.8, 4) is 17.6 Å². The number of ether oxygens (including phenoxy) is 3. The predicted molar refractivity (Wildman–Crippen MR) is 106 cm³/mol. The Morgan fingerprint density at radius 1 is 1.34 bits per heavy atom. The zero-order valence-electron chi connectivity index (χ0n) is 15.9. The summed E-state index contributed by atoms with van der Waals surface area (Å²) in [5.41, 5.74) is 1.56. The second-order valence-corrected chi connectivity index (χ2v) is 8.29. The van der Waals surface area contributed by atoms with Crippen LogP contribution >= 0.6 is 11.3 Å². The fourth-order valence-electron chi connectivity index (χ4n) is 3.49. The lowest BCUT2D eigenvalue weighted by molar-refractivity contribution is -0.156. The summed E-state index contributed by atoms with van der Waals surface area (Å²) in [6.45, 7) is 1.75. The van der Waals surface area contributed by atoms with Gasteiger partial charge in [0.2, 0.25) is 6.10 Å². The summed E-state index contributed by atoms with van der Waals surface area (Å²) in [7, 11) is 0. The molecule has 0 saturated carbocycles. The van der Waals surface area contributed by atoms with E-state index in [-0.39, 0.29) is 6.61 Å². The number of amides is 1. The van der Waals surface area contributed by atoms with Gasteiger partial charge < -0.3 is 19.5 Å². The molecule has 2 aliphatic rings. The van der Waals surface area contributed by atoms with E-state index in [1.54, 1.807) is 18.2 Å². The fourth-order valence-corrected chi connectivity index (χ4v) is 4.86. The highest BCUT2D eigenvalue weighted by atomic mass is 32.1. The van der Waals surface area contributed by atoms with E-state index in [4.69, 9.17) is 14.2 Å². The zero-order valence-corrected chi connectivity index (χ0v) is 16.7. The number of nitrogens with zero attached hydrogens (tertiary/aromatic N) is 1. The van der Waals surface area contributed by atoms with Crippen molar-refractivity contribution in [3.05, 3.63) is 40.3 Å². The average molecular weight is 412 g/mol. The van der Waals surface area contributed by atoms with Crippen LogP contribution in [0.5, 0.6) is 11.5 Å². The third-order valence-electron chi connectivity index (χ3n) is 4.99. The highest BCUT2D eigenvalue weighted by Crippen LogP contribution is 2.39. The number of esters is 1. The molecule has 1 aliphatic heterocycles. The molecular formula is C21H20N2O5S. The van der Waals surface area contributed by atoms with Crippen molar-refractivity contribution in [2.45, 2.75) is 32.3 Å². The van der Waals surface area contributed by atoms with Crippen molar-refractivity contribution in [1.82, 2.24) is 0 Å². The molecule has 1 amide bonds. The maximum Gasteiger partial charge on any atom is 0.351 e. The first-order valence-electron chi connectivity index (χ1n) is 9.44. The van der Waals surface area contributed by atoms with E-state index in [2.05, 4.69) is 18.3 Å². The Bertz CT molecular complexity index is 993. The van der Waals surface area contributed by atoms with Gasteiger partial charge in [0.1, 0.15) is 17.7 Å². The number of para-hydroxylation sites is 2. The van der Waals surface area contributed by atoms with Crippen LogP contribution in [0.2, 0.25) is 0 Å². The SMILES string of the molecule is C[C@@H]1CCc2c(sc(NC(=O)COC(=O)[C@H]3COc4ccccc4O3)c2C#N)C1. The van der Waals surface area contributed by atoms with Gasteiger partial charge in [0.15, 0.2) is 18.1 Å². The molecule has 2 atom stereocenters. The Morgan fingerprint density at radius 3 is 2.93 bits per heavy atom. The van der Waals surface area contributed by atoms with Crippen molar-refractivity contribution >= 4 is 28.2 Å². The Morgan fingerprint density at radius 2 is 2.14 bits per heavy atom. The molecule has 0 radical (unpaired) electrons. The summed E-state index contributed by atoms with van der Waals surface area (Å²) in [5, 5.41) is 12.7. The third-order valence-corrected chi connectivity index (χ3v) is 6.16. The normalized spacial score (nSPS) is 19.6. The van der Waals surface area contributed by atoms with Gasteiger partial charge in [-0.2, -0.15) is 5.26 Å². The zero-order chi connectivity index (χ0) is 20.4. The molecule has 1 N–H and O–H groups in total. The van der Waals surface area contributed by atoms with Gasteiger partial charge in [-0.05, 0) is 42.9 Å². The van der Waals surface area contributed by atoms with E-state index in [1.807, 2.05) is 6.07 Å². The molecule has 2 heterocycles. The summed E-state index contributed by atoms with van der Waals surface area (Å²) >= 11 is 1.43. The topological polar surface area (TPSA) is 97.7 Å². The van der Waals surface area contributed by atoms with Gasteiger partial charge in [-0.1, -0.05) is 19.1 Å². The second-order valence-electron chi connectivity index (χ2n) is 7.19. The number of rotatable bonds is 4. The molecule has 2 aromatic rings. The molecule has 1 aromatic carbocycles. The van der Waals surface area contributed by atoms with Crippen molar-refractivity contribution < 1.29 is 23.8 Å². The summed E-state index contributed by atoms with van der Waals surface area (Å²) in [6, 6.07) is 9.23. The van der Waals surface area contributed by atoms with Crippen molar-refractivity contribution in [3.63, 3.8) is 0 Å². The lowest BCUT2D eigenvalue weighted by Crippen LogP contribution is -2.39. The van der Waals surface area contributed by atoms with Crippen LogP contribution in [0.1, 0.15) is 29.3 Å². The summed E-state index contributed by atoms with van der Waals surface area (Å²) in [5.74, 6) is 0.435. The maximum atomic E-state index is 12.3. The molecule has 1 aromatic heterocycles. The summed E-state index contributed by atoms with van der Waals surface area (Å²) < 4.78 is 16.1. The molecule has 4 rings (SSSR count). The quantitative estimate of drug-likeness (QED) is 0.775. The molecule has 0 saturated heterocycles. The van der Waals surface area contributed by atoms with Crippen LogP contribution in [0.15, 0.2) is 24.3 Å². The number of anilines is 1. The van der Waals surface area contributed by atoms with Crippen LogP contribution < -0.4 is 14.8 Å². The van der Waals surface area contributed by atoms with E-state index >= 15 is 0 Å². The van der Waals surface area contributed by atoms with Crippen LogP contribution in [0, 0.1) is 17.2 Å². The smallest absolute Gasteiger partial charge is 0.351 e. The van der Waals surface area contributed by atoms with Gasteiger partial charge in [0, 0.05) is 4.88 Å². The number of hydrogen-bond donors (Lipinski definition) is 1. The molecule has 0 fully saturated rings. The van der Waals surface area contributed by atoms with Crippen LogP contribution in [0.4, 0.5) is 5.00 Å². The highest BCUT2D eigenvalue weighted by Gasteiger charge is 2.29. The monoisotopic (exact) mass is 412 g/mol. The van der Waals surface area contributed by atoms with Gasteiger partial charge in [-0.3, -0.25) is 4.79 Å². The number of carbonyl (C=O) groups excluding carboxylic acids is 2. The highest BCUT2D eigenvalue weighted by molar-refractivity contribution is 7.16. The summed E-state index contributed by atoms with van der Waals surface area (Å²) in [6.07, 6.45) is 1.87. The largest absolute Gasteiger partial charge is 0.485 e. The minimum atomic E-state index is -0.928. The first-order chi connectivity index (χ1) is 14.0. The molecule has 0 spiro atoms. The third kappa shape index (κ3) is 4.05. The standard InChI is InChI=1S/C21H20N2O5S/c1-12-6-7-13-14(9-22)20(29-18(13)8-12)23-19(24)11-27-21(25)17-10-26-15-4-2-3-5-16(15)28-17/h2-5,12,17H,6-8,10-11H2,1H3,(H,23,24)/t12-,17-/m1/s1. The van der Waals surface area contributed by atoms with Crippen LogP contribution in [-0.2, 0) is 27.2 Å². The molecule has 1 aliphatic carbocycles. The Hall–Kier alpha value is -3.05. The number of carbonyl (C=O) groups is 2. The fraction of sp³-hybridized carbons (Fsp3) is 0.381. The number of nitrogens with one attached hydrogen (secondary N) is 1. The van der Waals surface area contributed by atoms with Crippen molar-refractivity contribution in [2.24, 2.45) is 5.92 Å². The molecule has 29 heavy (non-hydrogen) atoms. The van der Waals surface area contributed by atoms with Gasteiger partial charge >= 0.3 is 5.97 Å². The number of thiophene rings is 1. The van der Waals surface area contributed by atoms with Gasteiger partial charge in [0.25, 0.3) is 5.91 Å². The van der Waals surface area contributed by atoms with E-state index in [0.29, 0.717) is 28.0 Å². The number of hydrogen-bond acceptors (Lipinski definition) is 7. The lowest BCUT2D eigenvalue weighted by atomic mass is 9.89. The first kappa shape index (κ1) is 19.3. The Balaban J connectivity index is 1.34. The van der Waals surface area contributed by atoms with Crippen molar-refractivity contribution in [2.75, 3.05) is 18.5 Å². The van der Waals surface area contributed by atoms with Crippen LogP contribution in [0.25, 0.3) is 0 Å². The predicted octanol–water partition coefficient (Wildman–Crippen LogP) is 3.07. The van der Waals surface area contributed by atoms with Crippen LogP contribution in [0.3, 0.4) is 0 Å². The molecule has 8 heteroatoms. The maximum absolute atomic E-state index is 12.3. The van der Waals surface area contributed by atoms with E-state index in [1.165, 1.54) is 11.3 Å². The minimum Gasteiger partial charge on any atom is -0.485 e. The first-order valence-corrected chi connectivity index (χ1v) is 10.3. The number of fused-ring (bicyclic) bond motifs is 2. The number of nitriles is 1. The van der Waals surface area contributed by atoms with Gasteiger partial charge in [-0.25, -0.2) is 4.79 Å². The lowest BCUT2D eigenvalue weighted by Gasteiger charge is -2.24. The van der Waals surface area contributed by atoms with Crippen LogP contribution in [-0.4, -0.2) is 31.2 Å². The van der Waals surface area contributed by atoms with E-state index in [0.717, 1.165) is 29.7 Å². The second kappa shape index (κ2) is 8.13. The molecule has 7 nitrogen and oxygen atoms in total. The molecule has 150 valence electrons. The summed E-state index contributed by atoms with van der Waals surface area (Å²) in [4.78, 5) is 25.7. The van der Waals surface area contributed by atoms with E-state index < -0.39 is 24.6 Å². The average Bonchev–Trinajstić information content (AvgIpc) is 3.07. The van der Waals surface area contributed by atoms with E-state index in [9.17, 15) is 14.9 Å². The minimum absolute atomic E-state index is 0.0197. The van der Waals surface area contributed by atoms with Gasteiger partial charge in [-0.15, -0.1) is 11.3 Å². The molecular weight excluding hydrogens is 392 g/mol. The van der Waals surface area contributed by atoms with Crippen molar-refractivity contribution in [1.29, 1.82) is 5.26 Å². The molecule has 0 bridgehead atoms. The number of benzene rings is 1. The molecule has 0 unspecified atom stereocenters. The van der Waals surface area contributed by atoms with Gasteiger partial charge in [0.05, 0.1) is 5.56 Å². The Kier molecular flexibility index (Phi) is 5.41. The Labute approximate surface area is 172 Å².